The van der Waals surface area contributed by atoms with Crippen LogP contribution in [0.2, 0.25) is 0 Å². The Morgan fingerprint density at radius 3 is 2.52 bits per heavy atom. The standard InChI is InChI=1S/C16H30N4O2S2.HI/c1-6-20(24(5,21)22)11-8-10-18-15(17-4)19-13-16(2,3)14-9-7-12-23-14;/h7,9,12H,6,8,10-11,13H2,1-5H3,(H2,17,18,19);1H. The van der Waals surface area contributed by atoms with E-state index in [1.807, 2.05) is 6.92 Å². The van der Waals surface area contributed by atoms with Crippen LogP contribution in [0.15, 0.2) is 22.5 Å². The van der Waals surface area contributed by atoms with E-state index in [0.717, 1.165) is 18.9 Å². The molecule has 0 amide bonds. The van der Waals surface area contributed by atoms with Crippen LogP contribution in [0.25, 0.3) is 0 Å². The zero-order chi connectivity index (χ0) is 18.2. The summed E-state index contributed by atoms with van der Waals surface area (Å²) in [6.07, 6.45) is 1.98. The van der Waals surface area contributed by atoms with Crippen LogP contribution in [0.4, 0.5) is 0 Å². The summed E-state index contributed by atoms with van der Waals surface area (Å²) in [6, 6.07) is 4.21. The first-order valence-corrected chi connectivity index (χ1v) is 10.9. The Morgan fingerprint density at radius 1 is 1.36 bits per heavy atom. The van der Waals surface area contributed by atoms with Crippen LogP contribution in [0.1, 0.15) is 32.1 Å². The second-order valence-electron chi connectivity index (χ2n) is 6.32. The molecule has 0 fully saturated rings. The second-order valence-corrected chi connectivity index (χ2v) is 9.25. The van der Waals surface area contributed by atoms with Crippen molar-refractivity contribution in [2.75, 3.05) is 39.5 Å². The molecule has 0 saturated carbocycles. The van der Waals surface area contributed by atoms with Gasteiger partial charge in [0.2, 0.25) is 10.0 Å². The number of nitrogens with zero attached hydrogens (tertiary/aromatic N) is 2. The third-order valence-electron chi connectivity index (χ3n) is 3.81. The molecule has 1 aromatic heterocycles. The number of guanidine groups is 1. The molecular weight excluding hydrogens is 471 g/mol. The van der Waals surface area contributed by atoms with Gasteiger partial charge in [-0.1, -0.05) is 26.8 Å². The number of nitrogens with one attached hydrogen (secondary N) is 2. The zero-order valence-electron chi connectivity index (χ0n) is 15.7. The van der Waals surface area contributed by atoms with Crippen LogP contribution in [-0.2, 0) is 15.4 Å². The zero-order valence-corrected chi connectivity index (χ0v) is 19.7. The molecule has 0 aromatic carbocycles. The minimum Gasteiger partial charge on any atom is -0.356 e. The maximum Gasteiger partial charge on any atom is 0.211 e. The van der Waals surface area contributed by atoms with Crippen molar-refractivity contribution < 1.29 is 8.42 Å². The SMILES string of the molecule is CCN(CCCNC(=NC)NCC(C)(C)c1cccs1)S(C)(=O)=O.I. The quantitative estimate of drug-likeness (QED) is 0.236. The Hall–Kier alpha value is -0.390. The van der Waals surface area contributed by atoms with Crippen LogP contribution >= 0.6 is 35.3 Å². The lowest BCUT2D eigenvalue weighted by Crippen LogP contribution is -2.44. The molecule has 0 atom stereocenters. The van der Waals surface area contributed by atoms with Gasteiger partial charge in [0, 0.05) is 43.5 Å². The van der Waals surface area contributed by atoms with Crippen molar-refractivity contribution >= 4 is 51.3 Å². The first kappa shape index (κ1) is 24.6. The van der Waals surface area contributed by atoms with Crippen LogP contribution < -0.4 is 10.6 Å². The number of thiophene rings is 1. The van der Waals surface area contributed by atoms with Crippen molar-refractivity contribution in [2.45, 2.75) is 32.6 Å². The van der Waals surface area contributed by atoms with E-state index in [4.69, 9.17) is 0 Å². The molecule has 146 valence electrons. The lowest BCUT2D eigenvalue weighted by Gasteiger charge is -2.25. The van der Waals surface area contributed by atoms with E-state index >= 15 is 0 Å². The first-order valence-electron chi connectivity index (χ1n) is 8.14. The van der Waals surface area contributed by atoms with Crippen molar-refractivity contribution in [3.8, 4) is 0 Å². The van der Waals surface area contributed by atoms with Crippen molar-refractivity contribution in [3.05, 3.63) is 22.4 Å². The molecule has 6 nitrogen and oxygen atoms in total. The Bertz CT molecular complexity index is 616. The smallest absolute Gasteiger partial charge is 0.211 e. The highest BCUT2D eigenvalue weighted by Gasteiger charge is 2.21. The predicted octanol–water partition coefficient (Wildman–Crippen LogP) is 2.48. The van der Waals surface area contributed by atoms with Gasteiger partial charge >= 0.3 is 0 Å². The predicted molar refractivity (Wildman–Crippen MR) is 119 cm³/mol. The van der Waals surface area contributed by atoms with Crippen molar-refractivity contribution in [3.63, 3.8) is 0 Å². The highest BCUT2D eigenvalue weighted by Crippen LogP contribution is 2.26. The fraction of sp³-hybridized carbons (Fsp3) is 0.688. The Morgan fingerprint density at radius 2 is 2.04 bits per heavy atom. The van der Waals surface area contributed by atoms with Gasteiger partial charge in [-0.05, 0) is 17.9 Å². The third-order valence-corrected chi connectivity index (χ3v) is 6.42. The molecule has 0 aliphatic carbocycles. The lowest BCUT2D eigenvalue weighted by molar-refractivity contribution is 0.423. The van der Waals surface area contributed by atoms with Crippen LogP contribution in [0.3, 0.4) is 0 Å². The molecule has 1 rings (SSSR count). The summed E-state index contributed by atoms with van der Waals surface area (Å²) < 4.78 is 24.6. The van der Waals surface area contributed by atoms with Gasteiger partial charge in [0.25, 0.3) is 0 Å². The average molecular weight is 502 g/mol. The molecule has 9 heteroatoms. The second kappa shape index (κ2) is 11.3. The van der Waals surface area contributed by atoms with E-state index in [2.05, 4.69) is 47.0 Å². The van der Waals surface area contributed by atoms with E-state index in [1.54, 1.807) is 18.4 Å². The van der Waals surface area contributed by atoms with Crippen LogP contribution in [0.5, 0.6) is 0 Å². The fourth-order valence-corrected chi connectivity index (χ4v) is 4.08. The highest BCUT2D eigenvalue weighted by atomic mass is 127. The van der Waals surface area contributed by atoms with E-state index in [1.165, 1.54) is 15.4 Å². The number of sulfonamides is 1. The maximum atomic E-state index is 11.5. The molecule has 0 radical (unpaired) electrons. The molecule has 2 N–H and O–H groups in total. The van der Waals surface area contributed by atoms with Gasteiger partial charge in [-0.25, -0.2) is 12.7 Å². The minimum atomic E-state index is -3.12. The number of rotatable bonds is 9. The Labute approximate surface area is 173 Å². The lowest BCUT2D eigenvalue weighted by atomic mass is 9.91. The first-order chi connectivity index (χ1) is 11.2. The normalized spacial score (nSPS) is 12.8. The molecule has 25 heavy (non-hydrogen) atoms. The molecule has 1 aromatic rings. The van der Waals surface area contributed by atoms with Crippen LogP contribution in [-0.4, -0.2) is 58.2 Å². The molecule has 0 saturated heterocycles. The summed E-state index contributed by atoms with van der Waals surface area (Å²) >= 11 is 1.76. The van der Waals surface area contributed by atoms with Gasteiger partial charge < -0.3 is 10.6 Å². The van der Waals surface area contributed by atoms with Crippen molar-refractivity contribution in [2.24, 2.45) is 4.99 Å². The largest absolute Gasteiger partial charge is 0.356 e. The van der Waals surface area contributed by atoms with E-state index in [-0.39, 0.29) is 29.4 Å². The van der Waals surface area contributed by atoms with Gasteiger partial charge in [0.15, 0.2) is 5.96 Å². The van der Waals surface area contributed by atoms with E-state index < -0.39 is 10.0 Å². The van der Waals surface area contributed by atoms with Crippen LogP contribution in [0, 0.1) is 0 Å². The summed E-state index contributed by atoms with van der Waals surface area (Å²) in [7, 11) is -1.38. The Balaban J connectivity index is 0.00000576. The summed E-state index contributed by atoms with van der Waals surface area (Å²) in [5, 5.41) is 8.67. The fourth-order valence-electron chi connectivity index (χ4n) is 2.30. The summed E-state index contributed by atoms with van der Waals surface area (Å²) in [5.74, 6) is 0.738. The van der Waals surface area contributed by atoms with E-state index in [0.29, 0.717) is 19.6 Å². The van der Waals surface area contributed by atoms with Gasteiger partial charge in [-0.3, -0.25) is 4.99 Å². The topological polar surface area (TPSA) is 73.8 Å². The number of hydrogen-bond donors (Lipinski definition) is 2. The summed E-state index contributed by atoms with van der Waals surface area (Å²) in [4.78, 5) is 5.55. The van der Waals surface area contributed by atoms with E-state index in [9.17, 15) is 8.42 Å². The van der Waals surface area contributed by atoms with Crippen molar-refractivity contribution in [1.29, 1.82) is 0 Å². The van der Waals surface area contributed by atoms with Gasteiger partial charge in [-0.2, -0.15) is 0 Å². The van der Waals surface area contributed by atoms with Crippen molar-refractivity contribution in [1.82, 2.24) is 14.9 Å². The Kier molecular flexibility index (Phi) is 11.2. The molecule has 0 aliphatic heterocycles. The number of aliphatic imine (C=N–C) groups is 1. The molecule has 1 heterocycles. The minimum absolute atomic E-state index is 0. The molecule has 0 unspecified atom stereocenters. The van der Waals surface area contributed by atoms with Gasteiger partial charge in [0.05, 0.1) is 6.26 Å². The monoisotopic (exact) mass is 502 g/mol. The molecule has 0 aliphatic rings. The summed E-state index contributed by atoms with van der Waals surface area (Å²) in [6.45, 7) is 8.71. The highest BCUT2D eigenvalue weighted by molar-refractivity contribution is 14.0. The number of hydrogen-bond acceptors (Lipinski definition) is 4. The maximum absolute atomic E-state index is 11.5. The molecular formula is C16H31IN4O2S2. The van der Waals surface area contributed by atoms with Gasteiger partial charge in [-0.15, -0.1) is 35.3 Å². The van der Waals surface area contributed by atoms with Gasteiger partial charge in [0.1, 0.15) is 0 Å². The summed E-state index contributed by atoms with van der Waals surface area (Å²) in [5.41, 5.74) is 0.0289. The average Bonchev–Trinajstić information content (AvgIpc) is 3.04. The number of halogens is 1. The molecule has 0 bridgehead atoms. The molecule has 0 spiro atoms. The third kappa shape index (κ3) is 8.69.